The van der Waals surface area contributed by atoms with Crippen LogP contribution in [0.5, 0.6) is 5.88 Å². The van der Waals surface area contributed by atoms with Gasteiger partial charge >= 0.3 is 6.09 Å². The van der Waals surface area contributed by atoms with Crippen molar-refractivity contribution in [3.8, 4) is 11.9 Å². The topological polar surface area (TPSA) is 104 Å². The van der Waals surface area contributed by atoms with E-state index in [2.05, 4.69) is 27.5 Å². The van der Waals surface area contributed by atoms with Crippen LogP contribution in [0.25, 0.3) is 11.0 Å². The predicted octanol–water partition coefficient (Wildman–Crippen LogP) is 5.00. The summed E-state index contributed by atoms with van der Waals surface area (Å²) in [5.74, 6) is 0.713. The summed E-state index contributed by atoms with van der Waals surface area (Å²) in [4.78, 5) is 22.3. The van der Waals surface area contributed by atoms with Crippen LogP contribution in [0.15, 0.2) is 36.8 Å². The molecule has 1 aliphatic rings. The first kappa shape index (κ1) is 22.6. The molecular weight excluding hydrogens is 418 g/mol. The standard InChI is InChI=1S/C25H29N5O3/c1-17-9-23(33-3)27-13-22(17)30(24(31)32)14-19-5-4-8-25(2,11-19)15-29-16-28-20-7-6-18(12-26)10-21(20)29/h6-7,9-10,13,16,19H,4-5,8,11,14-15H2,1-3H3,(H,31,32)/t19?,25-/m0/s1. The number of nitrogens with zero attached hydrogens (tertiary/aromatic N) is 5. The number of methoxy groups -OCH3 is 1. The van der Waals surface area contributed by atoms with Gasteiger partial charge in [-0.25, -0.2) is 14.8 Å². The van der Waals surface area contributed by atoms with E-state index in [-0.39, 0.29) is 11.3 Å². The largest absolute Gasteiger partial charge is 0.481 e. The van der Waals surface area contributed by atoms with E-state index in [4.69, 9.17) is 4.74 Å². The Labute approximate surface area is 193 Å². The van der Waals surface area contributed by atoms with Crippen LogP contribution < -0.4 is 9.64 Å². The average Bonchev–Trinajstić information content (AvgIpc) is 3.18. The van der Waals surface area contributed by atoms with Crippen molar-refractivity contribution in [3.05, 3.63) is 47.9 Å². The van der Waals surface area contributed by atoms with Crippen molar-refractivity contribution >= 4 is 22.8 Å². The zero-order valence-corrected chi connectivity index (χ0v) is 19.3. The first-order valence-corrected chi connectivity index (χ1v) is 11.2. The molecule has 8 heteroatoms. The Morgan fingerprint density at radius 1 is 1.39 bits per heavy atom. The molecule has 1 aliphatic carbocycles. The second-order valence-corrected chi connectivity index (χ2v) is 9.37. The van der Waals surface area contributed by atoms with E-state index in [1.165, 1.54) is 4.90 Å². The van der Waals surface area contributed by atoms with Crippen molar-refractivity contribution in [2.75, 3.05) is 18.6 Å². The Kier molecular flexibility index (Phi) is 6.23. The summed E-state index contributed by atoms with van der Waals surface area (Å²) >= 11 is 0. The Balaban J connectivity index is 1.52. The molecule has 1 fully saturated rings. The molecule has 8 nitrogen and oxygen atoms in total. The molecule has 2 atom stereocenters. The van der Waals surface area contributed by atoms with Gasteiger partial charge in [-0.15, -0.1) is 0 Å². The van der Waals surface area contributed by atoms with Gasteiger partial charge in [0.25, 0.3) is 0 Å². The van der Waals surface area contributed by atoms with Gasteiger partial charge in [0.2, 0.25) is 5.88 Å². The third kappa shape index (κ3) is 4.77. The van der Waals surface area contributed by atoms with E-state index in [9.17, 15) is 15.2 Å². The molecule has 0 spiro atoms. The number of rotatable bonds is 6. The van der Waals surface area contributed by atoms with Gasteiger partial charge in [-0.2, -0.15) is 5.26 Å². The fourth-order valence-corrected chi connectivity index (χ4v) is 5.14. The maximum absolute atomic E-state index is 12.1. The summed E-state index contributed by atoms with van der Waals surface area (Å²) in [6, 6.07) is 9.51. The first-order chi connectivity index (χ1) is 15.8. The molecule has 1 unspecified atom stereocenters. The van der Waals surface area contributed by atoms with E-state index in [1.807, 2.05) is 25.4 Å². The van der Waals surface area contributed by atoms with Crippen molar-refractivity contribution in [1.82, 2.24) is 14.5 Å². The summed E-state index contributed by atoms with van der Waals surface area (Å²) in [7, 11) is 1.55. The van der Waals surface area contributed by atoms with Gasteiger partial charge in [0.15, 0.2) is 0 Å². The maximum Gasteiger partial charge on any atom is 0.411 e. The van der Waals surface area contributed by atoms with Crippen LogP contribution in [0.1, 0.15) is 43.7 Å². The monoisotopic (exact) mass is 447 g/mol. The van der Waals surface area contributed by atoms with E-state index >= 15 is 0 Å². The van der Waals surface area contributed by atoms with Crippen LogP contribution >= 0.6 is 0 Å². The lowest BCUT2D eigenvalue weighted by Crippen LogP contribution is -2.39. The van der Waals surface area contributed by atoms with Crippen molar-refractivity contribution in [3.63, 3.8) is 0 Å². The second-order valence-electron chi connectivity index (χ2n) is 9.37. The quantitative estimate of drug-likeness (QED) is 0.570. The summed E-state index contributed by atoms with van der Waals surface area (Å²) in [5, 5.41) is 19.2. The molecule has 1 saturated carbocycles. The number of fused-ring (bicyclic) bond motifs is 1. The average molecular weight is 448 g/mol. The number of hydrogen-bond acceptors (Lipinski definition) is 5. The molecule has 0 bridgehead atoms. The molecular formula is C25H29N5O3. The van der Waals surface area contributed by atoms with Crippen LogP contribution in [0.3, 0.4) is 0 Å². The Morgan fingerprint density at radius 3 is 2.91 bits per heavy atom. The Bertz CT molecular complexity index is 1210. The van der Waals surface area contributed by atoms with Gasteiger partial charge < -0.3 is 14.4 Å². The number of amides is 1. The molecule has 4 rings (SSSR count). The van der Waals surface area contributed by atoms with Gasteiger partial charge in [0, 0.05) is 19.2 Å². The highest BCUT2D eigenvalue weighted by molar-refractivity contribution is 5.87. The van der Waals surface area contributed by atoms with Gasteiger partial charge in [-0.1, -0.05) is 13.3 Å². The summed E-state index contributed by atoms with van der Waals surface area (Å²) in [6.45, 7) is 5.36. The molecule has 1 N–H and O–H groups in total. The highest BCUT2D eigenvalue weighted by atomic mass is 16.5. The van der Waals surface area contributed by atoms with E-state index in [0.29, 0.717) is 23.7 Å². The molecule has 2 aromatic heterocycles. The van der Waals surface area contributed by atoms with Gasteiger partial charge in [-0.3, -0.25) is 4.90 Å². The van der Waals surface area contributed by atoms with Gasteiger partial charge in [-0.05, 0) is 61.3 Å². The van der Waals surface area contributed by atoms with Crippen LogP contribution in [-0.4, -0.2) is 39.4 Å². The Morgan fingerprint density at radius 2 is 2.21 bits per heavy atom. The fourth-order valence-electron chi connectivity index (χ4n) is 5.14. The molecule has 3 aromatic rings. The summed E-state index contributed by atoms with van der Waals surface area (Å²) in [5.41, 5.74) is 3.89. The molecule has 1 amide bonds. The zero-order chi connectivity index (χ0) is 23.6. The number of carbonyl (C=O) groups is 1. The van der Waals surface area contributed by atoms with Crippen LogP contribution in [0.2, 0.25) is 0 Å². The summed E-state index contributed by atoms with van der Waals surface area (Å²) in [6.07, 6.45) is 6.47. The van der Waals surface area contributed by atoms with E-state index < -0.39 is 6.09 Å². The fraction of sp³-hybridized carbons (Fsp3) is 0.440. The minimum atomic E-state index is -0.970. The molecule has 0 saturated heterocycles. The van der Waals surface area contributed by atoms with Crippen molar-refractivity contribution < 1.29 is 14.6 Å². The highest BCUT2D eigenvalue weighted by Gasteiger charge is 2.35. The summed E-state index contributed by atoms with van der Waals surface area (Å²) < 4.78 is 7.29. The Hall–Kier alpha value is -3.60. The maximum atomic E-state index is 12.1. The van der Waals surface area contributed by atoms with Crippen LogP contribution in [0, 0.1) is 29.6 Å². The van der Waals surface area contributed by atoms with Crippen LogP contribution in [-0.2, 0) is 6.54 Å². The minimum absolute atomic E-state index is 0.0105. The van der Waals surface area contributed by atoms with E-state index in [1.54, 1.807) is 25.4 Å². The number of carboxylic acid groups (broad SMARTS) is 1. The molecule has 0 radical (unpaired) electrons. The van der Waals surface area contributed by atoms with Gasteiger partial charge in [0.1, 0.15) is 0 Å². The minimum Gasteiger partial charge on any atom is -0.481 e. The number of ether oxygens (including phenoxy) is 1. The molecule has 0 aliphatic heterocycles. The van der Waals surface area contributed by atoms with Gasteiger partial charge in [0.05, 0.1) is 48.0 Å². The van der Waals surface area contributed by atoms with E-state index in [0.717, 1.165) is 48.8 Å². The number of nitriles is 1. The number of aromatic nitrogens is 3. The normalized spacial score (nSPS) is 20.4. The molecule has 33 heavy (non-hydrogen) atoms. The van der Waals surface area contributed by atoms with Crippen molar-refractivity contribution in [2.24, 2.45) is 11.3 Å². The number of hydrogen-bond donors (Lipinski definition) is 1. The lowest BCUT2D eigenvalue weighted by molar-refractivity contribution is 0.136. The number of aryl methyl sites for hydroxylation is 1. The third-order valence-corrected chi connectivity index (χ3v) is 6.71. The second kappa shape index (κ2) is 9.10. The predicted molar refractivity (Wildman–Crippen MR) is 125 cm³/mol. The zero-order valence-electron chi connectivity index (χ0n) is 19.3. The molecule has 2 heterocycles. The third-order valence-electron chi connectivity index (χ3n) is 6.71. The number of imidazole rings is 1. The highest BCUT2D eigenvalue weighted by Crippen LogP contribution is 2.42. The first-order valence-electron chi connectivity index (χ1n) is 11.2. The van der Waals surface area contributed by atoms with Crippen molar-refractivity contribution in [1.29, 1.82) is 5.26 Å². The van der Waals surface area contributed by atoms with Crippen LogP contribution in [0.4, 0.5) is 10.5 Å². The number of anilines is 1. The number of benzene rings is 1. The molecule has 172 valence electrons. The lowest BCUT2D eigenvalue weighted by atomic mass is 9.70. The SMILES string of the molecule is COc1cc(C)c(N(CC2CCC[C@](C)(Cn3cnc4ccc(C#N)cc43)C2)C(=O)O)cn1. The number of pyridine rings is 1. The molecule has 1 aromatic carbocycles. The lowest BCUT2D eigenvalue weighted by Gasteiger charge is -2.40. The smallest absolute Gasteiger partial charge is 0.411 e. The van der Waals surface area contributed by atoms with Crippen molar-refractivity contribution in [2.45, 2.75) is 46.1 Å².